The van der Waals surface area contributed by atoms with E-state index in [1.807, 2.05) is 56.3 Å². The minimum atomic E-state index is -0.640. The van der Waals surface area contributed by atoms with E-state index in [1.54, 1.807) is 29.1 Å². The lowest BCUT2D eigenvalue weighted by atomic mass is 9.86. The fourth-order valence-electron chi connectivity index (χ4n) is 4.08. The van der Waals surface area contributed by atoms with Gasteiger partial charge in [0.05, 0.1) is 28.2 Å². The highest BCUT2D eigenvalue weighted by atomic mass is 16.1. The number of benzene rings is 1. The summed E-state index contributed by atoms with van der Waals surface area (Å²) in [7, 11) is 0. The highest BCUT2D eigenvalue weighted by molar-refractivity contribution is 6.02. The molecule has 0 atom stereocenters. The summed E-state index contributed by atoms with van der Waals surface area (Å²) >= 11 is 0. The predicted molar refractivity (Wildman–Crippen MR) is 139 cm³/mol. The van der Waals surface area contributed by atoms with Crippen molar-refractivity contribution in [2.45, 2.75) is 26.2 Å². The Bertz CT molecular complexity index is 1730. The van der Waals surface area contributed by atoms with Gasteiger partial charge < -0.3 is 5.32 Å². The number of hydrogen-bond donors (Lipinski definition) is 1. The van der Waals surface area contributed by atoms with Gasteiger partial charge in [-0.1, -0.05) is 12.1 Å². The fourth-order valence-corrected chi connectivity index (χ4v) is 4.08. The van der Waals surface area contributed by atoms with Gasteiger partial charge in [-0.25, -0.2) is 9.97 Å². The van der Waals surface area contributed by atoms with Crippen molar-refractivity contribution in [1.29, 1.82) is 5.26 Å². The average molecular weight is 475 g/mol. The van der Waals surface area contributed by atoms with E-state index >= 15 is 0 Å². The maximum Gasteiger partial charge on any atom is 0.255 e. The van der Waals surface area contributed by atoms with Gasteiger partial charge in [0.25, 0.3) is 5.56 Å². The molecule has 36 heavy (non-hydrogen) atoms. The molecule has 4 aromatic heterocycles. The van der Waals surface area contributed by atoms with E-state index in [4.69, 9.17) is 4.98 Å². The van der Waals surface area contributed by atoms with Gasteiger partial charge in [0.2, 0.25) is 5.91 Å². The lowest BCUT2D eigenvalue weighted by Gasteiger charge is -2.17. The van der Waals surface area contributed by atoms with Gasteiger partial charge in [0.15, 0.2) is 0 Å². The molecule has 8 nitrogen and oxygen atoms in total. The van der Waals surface area contributed by atoms with Crippen LogP contribution >= 0.6 is 0 Å². The summed E-state index contributed by atoms with van der Waals surface area (Å²) in [5.41, 5.74) is 3.99. The van der Waals surface area contributed by atoms with E-state index in [9.17, 15) is 14.9 Å². The molecule has 0 aliphatic heterocycles. The van der Waals surface area contributed by atoms with E-state index in [2.05, 4.69) is 21.4 Å². The molecule has 0 radical (unpaired) electrons. The van der Waals surface area contributed by atoms with Crippen LogP contribution in [-0.4, -0.2) is 25.4 Å². The molecule has 8 heteroatoms. The van der Waals surface area contributed by atoms with Gasteiger partial charge in [-0.2, -0.15) is 5.26 Å². The zero-order valence-electron chi connectivity index (χ0n) is 20.0. The van der Waals surface area contributed by atoms with Crippen LogP contribution in [0.2, 0.25) is 0 Å². The molecule has 1 amide bonds. The van der Waals surface area contributed by atoms with Crippen LogP contribution < -0.4 is 10.9 Å². The highest BCUT2D eigenvalue weighted by Crippen LogP contribution is 2.28. The molecular weight excluding hydrogens is 452 g/mol. The molecule has 0 fully saturated rings. The normalized spacial score (nSPS) is 11.4. The van der Waals surface area contributed by atoms with Crippen LogP contribution in [0.5, 0.6) is 0 Å². The largest absolute Gasteiger partial charge is 0.311 e. The van der Waals surface area contributed by atoms with E-state index in [0.717, 1.165) is 16.5 Å². The Kier molecular flexibility index (Phi) is 5.53. The molecule has 0 aliphatic rings. The number of nitrogens with zero attached hydrogens (tertiary/aromatic N) is 5. The number of pyridine rings is 4. The van der Waals surface area contributed by atoms with Gasteiger partial charge in [-0.3, -0.25) is 19.1 Å². The molecule has 5 aromatic rings. The van der Waals surface area contributed by atoms with Crippen LogP contribution in [-0.2, 0) is 10.2 Å². The smallest absolute Gasteiger partial charge is 0.255 e. The van der Waals surface area contributed by atoms with Gasteiger partial charge in [-0.05, 0) is 61.9 Å². The van der Waals surface area contributed by atoms with Gasteiger partial charge in [-0.15, -0.1) is 0 Å². The minimum Gasteiger partial charge on any atom is -0.311 e. The topological polar surface area (TPSA) is 114 Å². The number of fused-ring (bicyclic) bond motifs is 3. The van der Waals surface area contributed by atoms with Crippen molar-refractivity contribution in [3.8, 4) is 23.0 Å². The molecule has 1 aromatic carbocycles. The highest BCUT2D eigenvalue weighted by Gasteiger charge is 2.20. The van der Waals surface area contributed by atoms with Crippen LogP contribution in [0.4, 0.5) is 5.82 Å². The van der Waals surface area contributed by atoms with Crippen molar-refractivity contribution in [3.05, 3.63) is 89.0 Å². The first-order valence-corrected chi connectivity index (χ1v) is 11.3. The summed E-state index contributed by atoms with van der Waals surface area (Å²) in [6.45, 7) is 5.14. The third kappa shape index (κ3) is 4.07. The van der Waals surface area contributed by atoms with Crippen molar-refractivity contribution in [1.82, 2.24) is 19.5 Å². The molecule has 0 saturated carbocycles. The number of rotatable bonds is 4. The SMILES string of the molecule is CC(=O)Nc1ccc(-c2ccc3ncc4ccc(=O)n(-c5ccc(C(C)(C)C#N)cc5)c4c3n2)cn1. The second-order valence-corrected chi connectivity index (χ2v) is 9.03. The predicted octanol–water partition coefficient (Wildman–Crippen LogP) is 4.76. The molecule has 176 valence electrons. The van der Waals surface area contributed by atoms with Crippen molar-refractivity contribution >= 4 is 33.7 Å². The summed E-state index contributed by atoms with van der Waals surface area (Å²) < 4.78 is 1.62. The zero-order chi connectivity index (χ0) is 25.4. The number of carbonyl (C=O) groups is 1. The quantitative estimate of drug-likeness (QED) is 0.376. The maximum atomic E-state index is 13.1. The summed E-state index contributed by atoms with van der Waals surface area (Å²) in [4.78, 5) is 38.1. The summed E-state index contributed by atoms with van der Waals surface area (Å²) in [5.74, 6) is 0.259. The van der Waals surface area contributed by atoms with E-state index in [-0.39, 0.29) is 11.5 Å². The molecule has 0 saturated heterocycles. The first kappa shape index (κ1) is 22.9. The van der Waals surface area contributed by atoms with Crippen LogP contribution in [0.15, 0.2) is 77.9 Å². The molecule has 1 N–H and O–H groups in total. The van der Waals surface area contributed by atoms with E-state index < -0.39 is 5.41 Å². The van der Waals surface area contributed by atoms with Gasteiger partial charge in [0.1, 0.15) is 11.3 Å². The number of nitrogens with one attached hydrogen (secondary N) is 1. The number of anilines is 1. The van der Waals surface area contributed by atoms with Crippen LogP contribution in [0.1, 0.15) is 26.3 Å². The van der Waals surface area contributed by atoms with Crippen LogP contribution in [0.3, 0.4) is 0 Å². The summed E-state index contributed by atoms with van der Waals surface area (Å²) in [5, 5.41) is 12.9. The number of carbonyl (C=O) groups excluding carboxylic acids is 1. The Balaban J connectivity index is 1.69. The Hall–Kier alpha value is -4.90. The Labute approximate surface area is 206 Å². The van der Waals surface area contributed by atoms with Crippen molar-refractivity contribution in [2.24, 2.45) is 0 Å². The lowest BCUT2D eigenvalue weighted by Crippen LogP contribution is -2.19. The second kappa shape index (κ2) is 8.71. The number of hydrogen-bond acceptors (Lipinski definition) is 6. The third-order valence-corrected chi connectivity index (χ3v) is 6.05. The second-order valence-electron chi connectivity index (χ2n) is 9.03. The van der Waals surface area contributed by atoms with Gasteiger partial charge >= 0.3 is 0 Å². The first-order valence-electron chi connectivity index (χ1n) is 11.3. The molecular formula is C28H22N6O2. The summed E-state index contributed by atoms with van der Waals surface area (Å²) in [6.07, 6.45) is 3.37. The Morgan fingerprint density at radius 1 is 0.972 bits per heavy atom. The summed E-state index contributed by atoms with van der Waals surface area (Å²) in [6, 6.07) is 20.2. The fraction of sp³-hybridized carbons (Fsp3) is 0.143. The Morgan fingerprint density at radius 3 is 2.42 bits per heavy atom. The van der Waals surface area contributed by atoms with E-state index in [0.29, 0.717) is 33.7 Å². The third-order valence-electron chi connectivity index (χ3n) is 6.05. The number of nitriles is 1. The molecule has 0 bridgehead atoms. The zero-order valence-corrected chi connectivity index (χ0v) is 20.0. The molecule has 0 aliphatic carbocycles. The lowest BCUT2D eigenvalue weighted by molar-refractivity contribution is -0.114. The molecule has 4 heterocycles. The van der Waals surface area contributed by atoms with Crippen molar-refractivity contribution in [2.75, 3.05) is 5.32 Å². The Morgan fingerprint density at radius 2 is 1.75 bits per heavy atom. The molecule has 0 unspecified atom stereocenters. The van der Waals surface area contributed by atoms with Crippen LogP contribution in [0.25, 0.3) is 38.9 Å². The van der Waals surface area contributed by atoms with E-state index in [1.165, 1.54) is 13.0 Å². The number of amides is 1. The van der Waals surface area contributed by atoms with Crippen molar-refractivity contribution in [3.63, 3.8) is 0 Å². The molecule has 5 rings (SSSR count). The van der Waals surface area contributed by atoms with Crippen LogP contribution in [0, 0.1) is 11.3 Å². The van der Waals surface area contributed by atoms with Gasteiger partial charge in [0, 0.05) is 42.0 Å². The maximum absolute atomic E-state index is 13.1. The van der Waals surface area contributed by atoms with Crippen molar-refractivity contribution < 1.29 is 4.79 Å². The average Bonchev–Trinajstić information content (AvgIpc) is 2.88. The molecule has 0 spiro atoms. The standard InChI is InChI=1S/C28H22N6O2/c1-17(35)32-24-12-4-18(14-31-24)22-10-11-23-26(33-22)27-19(15-30-23)5-13-25(36)34(27)21-8-6-20(7-9-21)28(2,3)16-29/h4-15H,1-3H3,(H,31,32,35). The minimum absolute atomic E-state index is 0.196. The monoisotopic (exact) mass is 474 g/mol. The first-order chi connectivity index (χ1) is 17.3. The number of aromatic nitrogens is 4.